The maximum Gasteiger partial charge on any atom is 0.271 e. The second-order valence-electron chi connectivity index (χ2n) is 5.56. The van der Waals surface area contributed by atoms with Crippen molar-refractivity contribution in [1.29, 1.82) is 0 Å². The fraction of sp³-hybridized carbons (Fsp3) is 0.389. The van der Waals surface area contributed by atoms with E-state index < -0.39 is 0 Å². The molecule has 2 N–H and O–H groups in total. The van der Waals surface area contributed by atoms with E-state index in [-0.39, 0.29) is 5.91 Å². The van der Waals surface area contributed by atoms with Gasteiger partial charge in [-0.1, -0.05) is 43.5 Å². The Hall–Kier alpha value is -2.14. The second-order valence-corrected chi connectivity index (χ2v) is 5.99. The molecule has 0 radical (unpaired) electrons. The van der Waals surface area contributed by atoms with Gasteiger partial charge in [0, 0.05) is 18.1 Å². The lowest BCUT2D eigenvalue weighted by molar-refractivity contribution is 0.0947. The predicted molar refractivity (Wildman–Crippen MR) is 97.5 cm³/mol. The van der Waals surface area contributed by atoms with Crippen molar-refractivity contribution in [1.82, 2.24) is 15.3 Å². The van der Waals surface area contributed by atoms with Gasteiger partial charge in [-0.25, -0.2) is 9.97 Å². The number of rotatable bonds is 9. The van der Waals surface area contributed by atoms with Crippen LogP contribution in [0.25, 0.3) is 0 Å². The Morgan fingerprint density at radius 1 is 1.17 bits per heavy atom. The molecule has 1 heterocycles. The Bertz CT molecular complexity index is 646. The molecule has 2 aromatic rings. The minimum Gasteiger partial charge on any atom is -0.368 e. The summed E-state index contributed by atoms with van der Waals surface area (Å²) in [5, 5.41) is 6.78. The Balaban J connectivity index is 1.76. The molecule has 0 spiro atoms. The van der Waals surface area contributed by atoms with Crippen LogP contribution in [-0.4, -0.2) is 29.0 Å². The molecule has 0 atom stereocenters. The summed E-state index contributed by atoms with van der Waals surface area (Å²) in [7, 11) is 0. The van der Waals surface area contributed by atoms with Crippen LogP contribution in [0.15, 0.2) is 36.7 Å². The summed E-state index contributed by atoms with van der Waals surface area (Å²) in [6, 6.07) is 7.77. The number of aromatic nitrogens is 2. The summed E-state index contributed by atoms with van der Waals surface area (Å²) < 4.78 is 0. The molecule has 0 fully saturated rings. The fourth-order valence-electron chi connectivity index (χ4n) is 2.23. The van der Waals surface area contributed by atoms with Crippen LogP contribution in [0, 0.1) is 0 Å². The second kappa shape index (κ2) is 9.88. The van der Waals surface area contributed by atoms with E-state index in [9.17, 15) is 4.79 Å². The van der Waals surface area contributed by atoms with Crippen molar-refractivity contribution >= 4 is 23.3 Å². The van der Waals surface area contributed by atoms with Crippen LogP contribution in [0.5, 0.6) is 0 Å². The lowest BCUT2D eigenvalue weighted by Gasteiger charge is -2.07. The molecule has 128 valence electrons. The number of hydrogen-bond donors (Lipinski definition) is 2. The molecule has 6 heteroatoms. The number of carbonyl (C=O) groups excluding carboxylic acids is 1. The zero-order chi connectivity index (χ0) is 17.2. The minimum atomic E-state index is -0.177. The molecule has 0 aliphatic carbocycles. The van der Waals surface area contributed by atoms with Gasteiger partial charge in [-0.3, -0.25) is 4.79 Å². The first kappa shape index (κ1) is 18.2. The Morgan fingerprint density at radius 3 is 2.75 bits per heavy atom. The van der Waals surface area contributed by atoms with Crippen molar-refractivity contribution in [3.8, 4) is 0 Å². The van der Waals surface area contributed by atoms with Crippen LogP contribution in [0.1, 0.15) is 42.2 Å². The van der Waals surface area contributed by atoms with Gasteiger partial charge in [0.05, 0.1) is 12.4 Å². The SMILES string of the molecule is CCCCCNC(=O)c1cnc(NCCc2cccc(Cl)c2)cn1. The lowest BCUT2D eigenvalue weighted by Crippen LogP contribution is -2.25. The number of hydrogen-bond acceptors (Lipinski definition) is 4. The standard InChI is InChI=1S/C18H23ClN4O/c1-2-3-4-9-21-18(24)16-12-23-17(13-22-16)20-10-8-14-6-5-7-15(19)11-14/h5-7,11-13H,2-4,8-10H2,1H3,(H,20,23)(H,21,24). The molecule has 0 bridgehead atoms. The van der Waals surface area contributed by atoms with Crippen LogP contribution in [0.2, 0.25) is 5.02 Å². The van der Waals surface area contributed by atoms with Crippen molar-refractivity contribution in [2.45, 2.75) is 32.6 Å². The molecule has 1 amide bonds. The van der Waals surface area contributed by atoms with Gasteiger partial charge in [-0.15, -0.1) is 0 Å². The third-order valence-electron chi connectivity index (χ3n) is 3.56. The van der Waals surface area contributed by atoms with Gasteiger partial charge >= 0.3 is 0 Å². The molecule has 0 unspecified atom stereocenters. The highest BCUT2D eigenvalue weighted by Gasteiger charge is 2.07. The van der Waals surface area contributed by atoms with Crippen molar-refractivity contribution in [3.63, 3.8) is 0 Å². The summed E-state index contributed by atoms with van der Waals surface area (Å²) in [5.74, 6) is 0.476. The summed E-state index contributed by atoms with van der Waals surface area (Å²) in [6.07, 6.45) is 7.14. The van der Waals surface area contributed by atoms with E-state index in [1.165, 1.54) is 6.20 Å². The zero-order valence-corrected chi connectivity index (χ0v) is 14.6. The molecule has 0 aliphatic rings. The summed E-state index contributed by atoms with van der Waals surface area (Å²) >= 11 is 5.96. The number of carbonyl (C=O) groups is 1. The first-order valence-corrected chi connectivity index (χ1v) is 8.65. The third-order valence-corrected chi connectivity index (χ3v) is 3.79. The van der Waals surface area contributed by atoms with Gasteiger partial charge in [-0.2, -0.15) is 0 Å². The van der Waals surface area contributed by atoms with Gasteiger partial charge in [0.2, 0.25) is 0 Å². The fourth-order valence-corrected chi connectivity index (χ4v) is 2.44. The van der Waals surface area contributed by atoms with Crippen LogP contribution in [0.4, 0.5) is 5.82 Å². The molecule has 0 aliphatic heterocycles. The van der Waals surface area contributed by atoms with E-state index in [1.807, 2.05) is 24.3 Å². The first-order chi connectivity index (χ1) is 11.7. The van der Waals surface area contributed by atoms with E-state index in [4.69, 9.17) is 11.6 Å². The first-order valence-electron chi connectivity index (χ1n) is 8.27. The van der Waals surface area contributed by atoms with Crippen molar-refractivity contribution in [2.75, 3.05) is 18.4 Å². The predicted octanol–water partition coefficient (Wildman–Crippen LogP) is 3.70. The normalized spacial score (nSPS) is 10.4. The van der Waals surface area contributed by atoms with Gasteiger partial charge in [0.1, 0.15) is 11.5 Å². The zero-order valence-electron chi connectivity index (χ0n) is 13.9. The average molecular weight is 347 g/mol. The molecular weight excluding hydrogens is 324 g/mol. The van der Waals surface area contributed by atoms with E-state index in [1.54, 1.807) is 6.20 Å². The molecule has 0 saturated carbocycles. The van der Waals surface area contributed by atoms with E-state index in [0.29, 0.717) is 18.1 Å². The number of anilines is 1. The van der Waals surface area contributed by atoms with Crippen molar-refractivity contribution < 1.29 is 4.79 Å². The Kier molecular flexibility index (Phi) is 7.49. The smallest absolute Gasteiger partial charge is 0.271 e. The van der Waals surface area contributed by atoms with E-state index in [2.05, 4.69) is 27.5 Å². The topological polar surface area (TPSA) is 66.9 Å². The van der Waals surface area contributed by atoms with Crippen LogP contribution in [0.3, 0.4) is 0 Å². The highest BCUT2D eigenvalue weighted by Crippen LogP contribution is 2.11. The quantitative estimate of drug-likeness (QED) is 0.679. The number of nitrogens with one attached hydrogen (secondary N) is 2. The average Bonchev–Trinajstić information content (AvgIpc) is 2.59. The molecular formula is C18H23ClN4O. The number of nitrogens with zero attached hydrogens (tertiary/aromatic N) is 2. The molecule has 0 saturated heterocycles. The lowest BCUT2D eigenvalue weighted by atomic mass is 10.1. The van der Waals surface area contributed by atoms with Gasteiger partial charge in [0.25, 0.3) is 5.91 Å². The van der Waals surface area contributed by atoms with Gasteiger partial charge < -0.3 is 10.6 Å². The monoisotopic (exact) mass is 346 g/mol. The van der Waals surface area contributed by atoms with E-state index in [0.717, 1.165) is 42.8 Å². The van der Waals surface area contributed by atoms with Gasteiger partial charge in [0.15, 0.2) is 0 Å². The molecule has 1 aromatic carbocycles. The highest BCUT2D eigenvalue weighted by molar-refractivity contribution is 6.30. The summed E-state index contributed by atoms with van der Waals surface area (Å²) in [4.78, 5) is 20.3. The molecule has 1 aromatic heterocycles. The number of unbranched alkanes of at least 4 members (excludes halogenated alkanes) is 2. The van der Waals surface area contributed by atoms with Gasteiger partial charge in [-0.05, 0) is 30.5 Å². The van der Waals surface area contributed by atoms with Crippen molar-refractivity contribution in [3.05, 3.63) is 52.9 Å². The Labute approximate surface area is 147 Å². The Morgan fingerprint density at radius 2 is 2.04 bits per heavy atom. The maximum atomic E-state index is 11.9. The summed E-state index contributed by atoms with van der Waals surface area (Å²) in [5.41, 5.74) is 1.50. The number of halogens is 1. The molecule has 5 nitrogen and oxygen atoms in total. The number of amides is 1. The molecule has 24 heavy (non-hydrogen) atoms. The van der Waals surface area contributed by atoms with E-state index >= 15 is 0 Å². The largest absolute Gasteiger partial charge is 0.368 e. The van der Waals surface area contributed by atoms with Crippen LogP contribution < -0.4 is 10.6 Å². The molecule has 2 rings (SSSR count). The van der Waals surface area contributed by atoms with Crippen LogP contribution in [-0.2, 0) is 6.42 Å². The third kappa shape index (κ3) is 6.16. The highest BCUT2D eigenvalue weighted by atomic mass is 35.5. The van der Waals surface area contributed by atoms with Crippen molar-refractivity contribution in [2.24, 2.45) is 0 Å². The summed E-state index contributed by atoms with van der Waals surface area (Å²) in [6.45, 7) is 3.52. The van der Waals surface area contributed by atoms with Crippen LogP contribution >= 0.6 is 11.6 Å². The maximum absolute atomic E-state index is 11.9. The minimum absolute atomic E-state index is 0.177. The number of benzene rings is 1.